The maximum absolute atomic E-state index is 12.1. The van der Waals surface area contributed by atoms with Gasteiger partial charge in [-0.25, -0.2) is 4.98 Å². The molecule has 0 radical (unpaired) electrons. The molecule has 1 aliphatic rings. The second-order valence-corrected chi connectivity index (χ2v) is 5.99. The van der Waals surface area contributed by atoms with Crippen LogP contribution in [0.2, 0.25) is 0 Å². The number of aryl methyl sites for hydroxylation is 1. The third-order valence-corrected chi connectivity index (χ3v) is 4.33. The molecule has 3 heterocycles. The van der Waals surface area contributed by atoms with Crippen molar-refractivity contribution in [2.75, 3.05) is 31.6 Å². The summed E-state index contributed by atoms with van der Waals surface area (Å²) in [5.74, 6) is 0.0787. The van der Waals surface area contributed by atoms with E-state index in [1.54, 1.807) is 18.1 Å². The molecule has 0 bridgehead atoms. The number of likely N-dealkylation sites (tertiary alicyclic amines) is 1. The van der Waals surface area contributed by atoms with Crippen LogP contribution in [0.25, 0.3) is 0 Å². The minimum Gasteiger partial charge on any atom is -0.290 e. The molecule has 0 aliphatic carbocycles. The van der Waals surface area contributed by atoms with Gasteiger partial charge >= 0.3 is 0 Å². The smallest absolute Gasteiger partial charge is 0.242 e. The molecular weight excluding hydrogens is 274 g/mol. The maximum atomic E-state index is 12.1. The predicted octanol–water partition coefficient (Wildman–Crippen LogP) is 1.17. The van der Waals surface area contributed by atoms with Crippen LogP contribution >= 0.6 is 11.3 Å². The lowest BCUT2D eigenvalue weighted by Crippen LogP contribution is -2.51. The van der Waals surface area contributed by atoms with Crippen LogP contribution < -0.4 is 4.90 Å². The topological polar surface area (TPSA) is 54.3 Å². The zero-order valence-corrected chi connectivity index (χ0v) is 12.4. The summed E-state index contributed by atoms with van der Waals surface area (Å²) in [7, 11) is 1.77. The number of hydrogen-bond donors (Lipinski definition) is 0. The summed E-state index contributed by atoms with van der Waals surface area (Å²) >= 11 is 1.47. The lowest BCUT2D eigenvalue weighted by Gasteiger charge is -2.39. The van der Waals surface area contributed by atoms with Gasteiger partial charge in [0.1, 0.15) is 0 Å². The van der Waals surface area contributed by atoms with E-state index in [0.29, 0.717) is 12.6 Å². The van der Waals surface area contributed by atoms with Crippen molar-refractivity contribution in [3.63, 3.8) is 0 Å². The highest BCUT2D eigenvalue weighted by Gasteiger charge is 2.31. The molecule has 1 aliphatic heterocycles. The monoisotopic (exact) mass is 291 g/mol. The van der Waals surface area contributed by atoms with Crippen molar-refractivity contribution in [1.82, 2.24) is 19.7 Å². The number of carbonyl (C=O) groups excluding carboxylic acids is 1. The third-order valence-electron chi connectivity index (χ3n) is 3.48. The van der Waals surface area contributed by atoms with Crippen molar-refractivity contribution in [3.8, 4) is 0 Å². The van der Waals surface area contributed by atoms with E-state index in [1.165, 1.54) is 16.9 Å². The molecule has 2 aromatic rings. The average molecular weight is 291 g/mol. The van der Waals surface area contributed by atoms with E-state index in [-0.39, 0.29) is 5.91 Å². The van der Waals surface area contributed by atoms with Crippen LogP contribution in [0.15, 0.2) is 24.0 Å². The summed E-state index contributed by atoms with van der Waals surface area (Å²) in [5, 5.41) is 6.93. The third kappa shape index (κ3) is 2.59. The van der Waals surface area contributed by atoms with Crippen LogP contribution in [0.1, 0.15) is 11.6 Å². The molecule has 3 rings (SSSR count). The van der Waals surface area contributed by atoms with Crippen LogP contribution in [0.4, 0.5) is 5.13 Å². The molecule has 106 valence electrons. The number of likely N-dealkylation sites (N-methyl/N-ethyl adjacent to an activating group) is 1. The van der Waals surface area contributed by atoms with Crippen LogP contribution in [0, 0.1) is 6.92 Å². The summed E-state index contributed by atoms with van der Waals surface area (Å²) < 4.78 is 1.99. The first-order valence-electron chi connectivity index (χ1n) is 6.52. The fourth-order valence-electron chi connectivity index (χ4n) is 2.26. The average Bonchev–Trinajstić information content (AvgIpc) is 3.03. The Bertz CT molecular complexity index is 588. The Morgan fingerprint density at radius 2 is 2.35 bits per heavy atom. The van der Waals surface area contributed by atoms with E-state index >= 15 is 0 Å². The first-order chi connectivity index (χ1) is 9.63. The Morgan fingerprint density at radius 1 is 1.55 bits per heavy atom. The van der Waals surface area contributed by atoms with Gasteiger partial charge in [0, 0.05) is 37.9 Å². The summed E-state index contributed by atoms with van der Waals surface area (Å²) in [4.78, 5) is 20.0. The number of aromatic nitrogens is 3. The standard InChI is InChI=1S/C13H17N5OS/c1-10-5-15-18(6-10)11-7-17(8-11)9-12(19)16(2)13-14-3-4-20-13/h3-6,11H,7-9H2,1-2H3. The largest absolute Gasteiger partial charge is 0.290 e. The number of carbonyl (C=O) groups is 1. The predicted molar refractivity (Wildman–Crippen MR) is 78.0 cm³/mol. The van der Waals surface area contributed by atoms with Gasteiger partial charge in [-0.3, -0.25) is 19.3 Å². The second-order valence-electron chi connectivity index (χ2n) is 5.11. The van der Waals surface area contributed by atoms with E-state index in [2.05, 4.69) is 15.0 Å². The summed E-state index contributed by atoms with van der Waals surface area (Å²) in [6, 6.07) is 0.390. The summed E-state index contributed by atoms with van der Waals surface area (Å²) in [6.07, 6.45) is 5.62. The number of hydrogen-bond acceptors (Lipinski definition) is 5. The molecule has 0 unspecified atom stereocenters. The van der Waals surface area contributed by atoms with E-state index in [4.69, 9.17) is 0 Å². The molecule has 1 amide bonds. The normalized spacial score (nSPS) is 16.1. The highest BCUT2D eigenvalue weighted by Crippen LogP contribution is 2.21. The number of anilines is 1. The molecule has 0 atom stereocenters. The van der Waals surface area contributed by atoms with Gasteiger partial charge in [0.25, 0.3) is 0 Å². The first kappa shape index (κ1) is 13.3. The van der Waals surface area contributed by atoms with E-state index in [1.807, 2.05) is 29.4 Å². The molecule has 0 spiro atoms. The Balaban J connectivity index is 1.50. The van der Waals surface area contributed by atoms with E-state index < -0.39 is 0 Å². The molecule has 0 N–H and O–H groups in total. The summed E-state index contributed by atoms with van der Waals surface area (Å²) in [6.45, 7) is 4.22. The first-order valence-corrected chi connectivity index (χ1v) is 7.40. The van der Waals surface area contributed by atoms with Crippen LogP contribution in [0.3, 0.4) is 0 Å². The van der Waals surface area contributed by atoms with Crippen LogP contribution in [-0.4, -0.2) is 52.3 Å². The second kappa shape index (κ2) is 5.34. The van der Waals surface area contributed by atoms with Gasteiger partial charge in [-0.15, -0.1) is 11.3 Å². The molecule has 0 saturated carbocycles. The van der Waals surface area contributed by atoms with Gasteiger partial charge in [-0.2, -0.15) is 5.10 Å². The SMILES string of the molecule is Cc1cnn(C2CN(CC(=O)N(C)c3nccs3)C2)c1. The minimum atomic E-state index is 0.0787. The van der Waals surface area contributed by atoms with Crippen molar-refractivity contribution >= 4 is 22.4 Å². The van der Waals surface area contributed by atoms with Gasteiger partial charge in [0.2, 0.25) is 5.91 Å². The highest BCUT2D eigenvalue weighted by molar-refractivity contribution is 7.13. The minimum absolute atomic E-state index is 0.0787. The number of rotatable bonds is 4. The van der Waals surface area contributed by atoms with Gasteiger partial charge in [0.05, 0.1) is 18.8 Å². The van der Waals surface area contributed by atoms with Crippen LogP contribution in [0.5, 0.6) is 0 Å². The Morgan fingerprint density at radius 3 is 2.95 bits per heavy atom. The van der Waals surface area contributed by atoms with Gasteiger partial charge in [0.15, 0.2) is 5.13 Å². The molecule has 1 saturated heterocycles. The molecule has 1 fully saturated rings. The number of nitrogens with zero attached hydrogens (tertiary/aromatic N) is 5. The molecular formula is C13H17N5OS. The number of thiazole rings is 1. The summed E-state index contributed by atoms with van der Waals surface area (Å²) in [5.41, 5.74) is 1.17. The molecule has 7 heteroatoms. The fourth-order valence-corrected chi connectivity index (χ4v) is 2.88. The Hall–Kier alpha value is -1.73. The van der Waals surface area contributed by atoms with E-state index in [0.717, 1.165) is 18.2 Å². The Labute approximate surface area is 121 Å². The van der Waals surface area contributed by atoms with Crippen molar-refractivity contribution in [2.24, 2.45) is 0 Å². The maximum Gasteiger partial charge on any atom is 0.242 e. The lowest BCUT2D eigenvalue weighted by atomic mass is 10.1. The molecule has 0 aromatic carbocycles. The quantitative estimate of drug-likeness (QED) is 0.848. The van der Waals surface area contributed by atoms with Crippen LogP contribution in [-0.2, 0) is 4.79 Å². The van der Waals surface area contributed by atoms with Gasteiger partial charge in [-0.1, -0.05) is 0 Å². The molecule has 6 nitrogen and oxygen atoms in total. The van der Waals surface area contributed by atoms with E-state index in [9.17, 15) is 4.79 Å². The van der Waals surface area contributed by atoms with Crippen molar-refractivity contribution in [3.05, 3.63) is 29.5 Å². The highest BCUT2D eigenvalue weighted by atomic mass is 32.1. The number of amides is 1. The molecule has 20 heavy (non-hydrogen) atoms. The lowest BCUT2D eigenvalue weighted by molar-refractivity contribution is -0.120. The van der Waals surface area contributed by atoms with Gasteiger partial charge < -0.3 is 0 Å². The Kier molecular flexibility index (Phi) is 3.54. The fraction of sp³-hybridized carbons (Fsp3) is 0.462. The van der Waals surface area contributed by atoms with Crippen molar-refractivity contribution in [1.29, 1.82) is 0 Å². The zero-order valence-electron chi connectivity index (χ0n) is 11.6. The van der Waals surface area contributed by atoms with Gasteiger partial charge in [-0.05, 0) is 12.5 Å². The molecule has 2 aromatic heterocycles. The van der Waals surface area contributed by atoms with Crippen molar-refractivity contribution in [2.45, 2.75) is 13.0 Å². The van der Waals surface area contributed by atoms with Crippen molar-refractivity contribution < 1.29 is 4.79 Å². The zero-order chi connectivity index (χ0) is 14.1.